The topological polar surface area (TPSA) is 49.4 Å². The summed E-state index contributed by atoms with van der Waals surface area (Å²) in [5.74, 6) is -0.695. The fraction of sp³-hybridized carbons (Fsp3) is 0.300. The molecule has 1 saturated heterocycles. The highest BCUT2D eigenvalue weighted by Gasteiger charge is 2.33. The van der Waals surface area contributed by atoms with Crippen LogP contribution in [0.5, 0.6) is 0 Å². The fourth-order valence-electron chi connectivity index (χ4n) is 3.07. The van der Waals surface area contributed by atoms with Crippen molar-refractivity contribution in [2.45, 2.75) is 19.4 Å². The van der Waals surface area contributed by atoms with Crippen molar-refractivity contribution in [3.63, 3.8) is 0 Å². The van der Waals surface area contributed by atoms with Crippen LogP contribution >= 0.6 is 0 Å². The standard InChI is InChI=1S/C20H21FN2O2/c21-18-8-4-7-15(11-18)9-10-22-20(25)17-12-19(24)23(14-17)13-16-5-2-1-3-6-16/h1-8,11,17H,9-10,12-14H2,(H,22,25). The van der Waals surface area contributed by atoms with Gasteiger partial charge in [0, 0.05) is 26.1 Å². The highest BCUT2D eigenvalue weighted by atomic mass is 19.1. The minimum absolute atomic E-state index is 0.00846. The monoisotopic (exact) mass is 340 g/mol. The number of hydrogen-bond acceptors (Lipinski definition) is 2. The molecular weight excluding hydrogens is 319 g/mol. The molecule has 0 radical (unpaired) electrons. The van der Waals surface area contributed by atoms with E-state index in [2.05, 4.69) is 5.32 Å². The first-order valence-corrected chi connectivity index (χ1v) is 8.45. The summed E-state index contributed by atoms with van der Waals surface area (Å²) in [5, 5.41) is 2.86. The number of benzene rings is 2. The lowest BCUT2D eigenvalue weighted by atomic mass is 10.1. The van der Waals surface area contributed by atoms with E-state index in [0.717, 1.165) is 11.1 Å². The van der Waals surface area contributed by atoms with Gasteiger partial charge in [-0.05, 0) is 29.7 Å². The van der Waals surface area contributed by atoms with Crippen LogP contribution in [0.2, 0.25) is 0 Å². The normalized spacial score (nSPS) is 16.9. The van der Waals surface area contributed by atoms with Crippen molar-refractivity contribution in [3.8, 4) is 0 Å². The van der Waals surface area contributed by atoms with Crippen LogP contribution in [0.25, 0.3) is 0 Å². The highest BCUT2D eigenvalue weighted by Crippen LogP contribution is 2.20. The lowest BCUT2D eigenvalue weighted by Crippen LogP contribution is -2.34. The van der Waals surface area contributed by atoms with Crippen molar-refractivity contribution < 1.29 is 14.0 Å². The Hall–Kier alpha value is -2.69. The van der Waals surface area contributed by atoms with Crippen molar-refractivity contribution in [2.24, 2.45) is 5.92 Å². The van der Waals surface area contributed by atoms with E-state index in [4.69, 9.17) is 0 Å². The maximum absolute atomic E-state index is 13.1. The molecule has 0 aromatic heterocycles. The van der Waals surface area contributed by atoms with Gasteiger partial charge >= 0.3 is 0 Å². The molecular formula is C20H21FN2O2. The van der Waals surface area contributed by atoms with Gasteiger partial charge in [-0.15, -0.1) is 0 Å². The zero-order valence-corrected chi connectivity index (χ0v) is 14.0. The second-order valence-electron chi connectivity index (χ2n) is 6.33. The molecule has 25 heavy (non-hydrogen) atoms. The zero-order chi connectivity index (χ0) is 17.6. The van der Waals surface area contributed by atoms with Crippen molar-refractivity contribution in [2.75, 3.05) is 13.1 Å². The molecule has 2 aromatic carbocycles. The summed E-state index contributed by atoms with van der Waals surface area (Å²) in [7, 11) is 0. The lowest BCUT2D eigenvalue weighted by molar-refractivity contribution is -0.129. The van der Waals surface area contributed by atoms with E-state index < -0.39 is 0 Å². The number of nitrogens with zero attached hydrogens (tertiary/aromatic N) is 1. The summed E-state index contributed by atoms with van der Waals surface area (Å²) in [6, 6.07) is 16.1. The number of halogens is 1. The van der Waals surface area contributed by atoms with Crippen LogP contribution in [-0.2, 0) is 22.6 Å². The Morgan fingerprint density at radius 2 is 1.88 bits per heavy atom. The van der Waals surface area contributed by atoms with Gasteiger partial charge in [-0.25, -0.2) is 4.39 Å². The zero-order valence-electron chi connectivity index (χ0n) is 14.0. The third-order valence-corrected chi connectivity index (χ3v) is 4.40. The van der Waals surface area contributed by atoms with Crippen LogP contribution in [0, 0.1) is 11.7 Å². The van der Waals surface area contributed by atoms with E-state index in [9.17, 15) is 14.0 Å². The largest absolute Gasteiger partial charge is 0.355 e. The third-order valence-electron chi connectivity index (χ3n) is 4.40. The fourth-order valence-corrected chi connectivity index (χ4v) is 3.07. The second-order valence-corrected chi connectivity index (χ2v) is 6.33. The van der Waals surface area contributed by atoms with Crippen molar-refractivity contribution in [1.29, 1.82) is 0 Å². The minimum atomic E-state index is -0.316. The number of carbonyl (C=O) groups excluding carboxylic acids is 2. The lowest BCUT2D eigenvalue weighted by Gasteiger charge is -2.16. The molecule has 4 nitrogen and oxygen atoms in total. The Balaban J connectivity index is 1.47. The summed E-state index contributed by atoms with van der Waals surface area (Å²) in [4.78, 5) is 26.1. The van der Waals surface area contributed by atoms with E-state index in [0.29, 0.717) is 26.1 Å². The van der Waals surface area contributed by atoms with Crippen LogP contribution in [0.15, 0.2) is 54.6 Å². The van der Waals surface area contributed by atoms with Crippen LogP contribution in [0.3, 0.4) is 0 Å². The van der Waals surface area contributed by atoms with Gasteiger partial charge in [-0.1, -0.05) is 42.5 Å². The molecule has 1 aliphatic heterocycles. The van der Waals surface area contributed by atoms with Crippen molar-refractivity contribution >= 4 is 11.8 Å². The summed E-state index contributed by atoms with van der Waals surface area (Å²) >= 11 is 0. The Bertz CT molecular complexity index is 748. The minimum Gasteiger partial charge on any atom is -0.355 e. The van der Waals surface area contributed by atoms with Gasteiger partial charge in [-0.2, -0.15) is 0 Å². The predicted octanol–water partition coefficient (Wildman–Crippen LogP) is 2.53. The van der Waals surface area contributed by atoms with Crippen LogP contribution in [0.1, 0.15) is 17.5 Å². The van der Waals surface area contributed by atoms with Crippen molar-refractivity contribution in [3.05, 3.63) is 71.5 Å². The van der Waals surface area contributed by atoms with Crippen molar-refractivity contribution in [1.82, 2.24) is 10.2 Å². The van der Waals surface area contributed by atoms with E-state index in [1.54, 1.807) is 11.0 Å². The van der Waals surface area contributed by atoms with E-state index in [1.807, 2.05) is 36.4 Å². The number of amides is 2. The summed E-state index contributed by atoms with van der Waals surface area (Å²) in [6.07, 6.45) is 0.816. The van der Waals surface area contributed by atoms with Crippen LogP contribution < -0.4 is 5.32 Å². The molecule has 0 bridgehead atoms. The van der Waals surface area contributed by atoms with Gasteiger partial charge in [-0.3, -0.25) is 9.59 Å². The van der Waals surface area contributed by atoms with Crippen LogP contribution in [-0.4, -0.2) is 29.8 Å². The quantitative estimate of drug-likeness (QED) is 0.878. The smallest absolute Gasteiger partial charge is 0.225 e. The maximum atomic E-state index is 13.1. The number of carbonyl (C=O) groups is 2. The molecule has 1 unspecified atom stereocenters. The molecule has 1 aliphatic rings. The number of rotatable bonds is 6. The van der Waals surface area contributed by atoms with E-state index in [-0.39, 0.29) is 30.0 Å². The second kappa shape index (κ2) is 7.92. The van der Waals surface area contributed by atoms with Gasteiger partial charge in [0.05, 0.1) is 5.92 Å². The Labute approximate surface area is 146 Å². The van der Waals surface area contributed by atoms with E-state index >= 15 is 0 Å². The number of likely N-dealkylation sites (tertiary alicyclic amines) is 1. The Morgan fingerprint density at radius 3 is 2.64 bits per heavy atom. The predicted molar refractivity (Wildman–Crippen MR) is 93.1 cm³/mol. The molecule has 2 aromatic rings. The SMILES string of the molecule is O=C(NCCc1cccc(F)c1)C1CC(=O)N(Cc2ccccc2)C1. The van der Waals surface area contributed by atoms with Gasteiger partial charge in [0.1, 0.15) is 5.82 Å². The Kier molecular flexibility index (Phi) is 5.43. The molecule has 1 atom stereocenters. The average molecular weight is 340 g/mol. The van der Waals surface area contributed by atoms with Crippen LogP contribution in [0.4, 0.5) is 4.39 Å². The molecule has 1 heterocycles. The van der Waals surface area contributed by atoms with E-state index in [1.165, 1.54) is 12.1 Å². The molecule has 0 saturated carbocycles. The summed E-state index contributed by atoms with van der Waals surface area (Å²) in [5.41, 5.74) is 1.90. The Morgan fingerprint density at radius 1 is 1.12 bits per heavy atom. The molecule has 2 amide bonds. The molecule has 1 fully saturated rings. The van der Waals surface area contributed by atoms with Gasteiger partial charge in [0.15, 0.2) is 0 Å². The van der Waals surface area contributed by atoms with Gasteiger partial charge < -0.3 is 10.2 Å². The number of hydrogen-bond donors (Lipinski definition) is 1. The molecule has 0 spiro atoms. The van der Waals surface area contributed by atoms with Gasteiger partial charge in [0.25, 0.3) is 0 Å². The average Bonchev–Trinajstić information content (AvgIpc) is 2.97. The number of nitrogens with one attached hydrogen (secondary N) is 1. The summed E-state index contributed by atoms with van der Waals surface area (Å²) < 4.78 is 13.1. The maximum Gasteiger partial charge on any atom is 0.225 e. The highest BCUT2D eigenvalue weighted by molar-refractivity contribution is 5.89. The first-order valence-electron chi connectivity index (χ1n) is 8.45. The molecule has 130 valence electrons. The molecule has 5 heteroatoms. The molecule has 3 rings (SSSR count). The summed E-state index contributed by atoms with van der Waals surface area (Å²) in [6.45, 7) is 1.41. The first-order chi connectivity index (χ1) is 12.1. The molecule has 0 aliphatic carbocycles. The molecule has 1 N–H and O–H groups in total. The first kappa shape index (κ1) is 17.1. The van der Waals surface area contributed by atoms with Gasteiger partial charge in [0.2, 0.25) is 11.8 Å². The third kappa shape index (κ3) is 4.66.